The molecule has 0 saturated carbocycles. The molecular formula is C16H26BNO2. The molecule has 4 heteroatoms. The number of hydrogen-bond acceptors (Lipinski definition) is 3. The summed E-state index contributed by atoms with van der Waals surface area (Å²) in [4.78, 5) is 4.69. The lowest BCUT2D eigenvalue weighted by atomic mass is 9.78. The molecule has 1 aromatic heterocycles. The van der Waals surface area contributed by atoms with Crippen molar-refractivity contribution in [1.29, 1.82) is 0 Å². The average molecular weight is 275 g/mol. The van der Waals surface area contributed by atoms with Crippen LogP contribution in [0.3, 0.4) is 0 Å². The predicted octanol–water partition coefficient (Wildman–Crippen LogP) is 2.89. The predicted molar refractivity (Wildman–Crippen MR) is 83.2 cm³/mol. The van der Waals surface area contributed by atoms with E-state index < -0.39 is 0 Å². The monoisotopic (exact) mass is 275 g/mol. The minimum atomic E-state index is -0.319. The molecule has 110 valence electrons. The fraction of sp³-hybridized carbons (Fsp3) is 0.688. The molecule has 0 spiro atoms. The lowest BCUT2D eigenvalue weighted by molar-refractivity contribution is 0.00578. The summed E-state index contributed by atoms with van der Waals surface area (Å²) < 4.78 is 12.2. The summed E-state index contributed by atoms with van der Waals surface area (Å²) >= 11 is 0. The van der Waals surface area contributed by atoms with Gasteiger partial charge in [0.05, 0.1) is 11.2 Å². The van der Waals surface area contributed by atoms with E-state index in [0.717, 1.165) is 23.3 Å². The molecule has 2 heterocycles. The van der Waals surface area contributed by atoms with Gasteiger partial charge in [-0.1, -0.05) is 19.9 Å². The van der Waals surface area contributed by atoms with E-state index in [9.17, 15) is 0 Å². The zero-order valence-electron chi connectivity index (χ0n) is 13.8. The van der Waals surface area contributed by atoms with Gasteiger partial charge in [0.2, 0.25) is 0 Å². The molecule has 0 amide bonds. The first-order chi connectivity index (χ1) is 9.12. The van der Waals surface area contributed by atoms with Gasteiger partial charge in [-0.25, -0.2) is 0 Å². The van der Waals surface area contributed by atoms with Crippen LogP contribution in [0.2, 0.25) is 0 Å². The van der Waals surface area contributed by atoms with Gasteiger partial charge >= 0.3 is 7.12 Å². The number of pyridine rings is 1. The van der Waals surface area contributed by atoms with Crippen molar-refractivity contribution in [1.82, 2.24) is 4.98 Å². The van der Waals surface area contributed by atoms with Gasteiger partial charge in [-0.05, 0) is 53.0 Å². The second-order valence-electron chi connectivity index (χ2n) is 7.16. The Morgan fingerprint density at radius 2 is 1.65 bits per heavy atom. The van der Waals surface area contributed by atoms with Crippen molar-refractivity contribution in [3.63, 3.8) is 0 Å². The third-order valence-corrected chi connectivity index (χ3v) is 4.31. The maximum absolute atomic E-state index is 6.09. The smallest absolute Gasteiger partial charge is 0.399 e. The first-order valence-corrected chi connectivity index (χ1v) is 7.44. The van der Waals surface area contributed by atoms with Gasteiger partial charge in [0.25, 0.3) is 0 Å². The highest BCUT2D eigenvalue weighted by Crippen LogP contribution is 2.36. The molecular weight excluding hydrogens is 249 g/mol. The van der Waals surface area contributed by atoms with Crippen LogP contribution in [0.25, 0.3) is 0 Å². The van der Waals surface area contributed by atoms with Crippen molar-refractivity contribution in [3.05, 3.63) is 23.5 Å². The van der Waals surface area contributed by atoms with Gasteiger partial charge in [-0.3, -0.25) is 4.98 Å². The van der Waals surface area contributed by atoms with Gasteiger partial charge in [0.1, 0.15) is 0 Å². The number of aromatic nitrogens is 1. The van der Waals surface area contributed by atoms with E-state index in [2.05, 4.69) is 53.7 Å². The van der Waals surface area contributed by atoms with Crippen LogP contribution < -0.4 is 5.46 Å². The highest BCUT2D eigenvalue weighted by Gasteiger charge is 2.52. The lowest BCUT2D eigenvalue weighted by Gasteiger charge is -2.32. The molecule has 2 rings (SSSR count). The first kappa shape index (κ1) is 15.5. The van der Waals surface area contributed by atoms with E-state index in [4.69, 9.17) is 14.3 Å². The Morgan fingerprint density at radius 3 is 2.10 bits per heavy atom. The fourth-order valence-electron chi connectivity index (χ4n) is 2.37. The van der Waals surface area contributed by atoms with E-state index in [0.29, 0.717) is 5.92 Å². The molecule has 1 saturated heterocycles. The quantitative estimate of drug-likeness (QED) is 0.795. The van der Waals surface area contributed by atoms with E-state index in [-0.39, 0.29) is 18.3 Å². The Balaban J connectivity index is 2.23. The Hall–Kier alpha value is -0.865. The highest BCUT2D eigenvalue weighted by atomic mass is 16.7. The number of rotatable bonds is 3. The van der Waals surface area contributed by atoms with Crippen molar-refractivity contribution in [2.75, 3.05) is 0 Å². The minimum Gasteiger partial charge on any atom is -0.399 e. The van der Waals surface area contributed by atoms with Gasteiger partial charge in [-0.2, -0.15) is 0 Å². The highest BCUT2D eigenvalue weighted by molar-refractivity contribution is 6.62. The molecule has 0 aliphatic carbocycles. The zero-order chi connectivity index (χ0) is 15.1. The number of nitrogens with zero attached hydrogens (tertiary/aromatic N) is 1. The zero-order valence-corrected chi connectivity index (χ0v) is 13.8. The van der Waals surface area contributed by atoms with Crippen molar-refractivity contribution in [3.8, 4) is 0 Å². The number of aryl methyl sites for hydroxylation is 1. The lowest BCUT2D eigenvalue weighted by Crippen LogP contribution is -2.41. The van der Waals surface area contributed by atoms with Gasteiger partial charge in [-0.15, -0.1) is 0 Å². The topological polar surface area (TPSA) is 31.4 Å². The second kappa shape index (κ2) is 5.16. The van der Waals surface area contributed by atoms with Crippen molar-refractivity contribution >= 4 is 12.6 Å². The number of hydrogen-bond donors (Lipinski definition) is 0. The fourth-order valence-corrected chi connectivity index (χ4v) is 2.37. The molecule has 0 atom stereocenters. The van der Waals surface area contributed by atoms with Crippen LogP contribution in [0, 0.1) is 12.8 Å². The SMILES string of the molecule is Cc1nc(CC(C)C)ccc1B1OC(C)(C)C(C)(C)O1. The van der Waals surface area contributed by atoms with Crippen LogP contribution in [0.15, 0.2) is 12.1 Å². The van der Waals surface area contributed by atoms with Crippen molar-refractivity contribution < 1.29 is 9.31 Å². The summed E-state index contributed by atoms with van der Waals surface area (Å²) in [7, 11) is -0.319. The van der Waals surface area contributed by atoms with Crippen LogP contribution in [0.4, 0.5) is 0 Å². The van der Waals surface area contributed by atoms with Crippen LogP contribution >= 0.6 is 0 Å². The summed E-state index contributed by atoms with van der Waals surface area (Å²) in [5.74, 6) is 0.615. The second-order valence-corrected chi connectivity index (χ2v) is 7.16. The molecule has 0 aromatic carbocycles. The molecule has 0 N–H and O–H groups in total. The molecule has 1 aliphatic heterocycles. The maximum atomic E-state index is 6.09. The molecule has 20 heavy (non-hydrogen) atoms. The van der Waals surface area contributed by atoms with Crippen LogP contribution in [-0.4, -0.2) is 23.3 Å². The summed E-state index contributed by atoms with van der Waals surface area (Å²) in [6.45, 7) is 14.7. The van der Waals surface area contributed by atoms with E-state index in [1.54, 1.807) is 0 Å². The molecule has 0 bridgehead atoms. The van der Waals surface area contributed by atoms with Crippen molar-refractivity contribution in [2.24, 2.45) is 5.92 Å². The Labute approximate surface area is 123 Å². The van der Waals surface area contributed by atoms with Crippen molar-refractivity contribution in [2.45, 2.75) is 66.1 Å². The van der Waals surface area contributed by atoms with Crippen LogP contribution in [0.5, 0.6) is 0 Å². The van der Waals surface area contributed by atoms with E-state index in [1.165, 1.54) is 0 Å². The Kier molecular flexibility index (Phi) is 4.00. The van der Waals surface area contributed by atoms with E-state index in [1.807, 2.05) is 6.92 Å². The largest absolute Gasteiger partial charge is 0.496 e. The molecule has 0 radical (unpaired) electrons. The molecule has 1 aromatic rings. The van der Waals surface area contributed by atoms with E-state index >= 15 is 0 Å². The van der Waals surface area contributed by atoms with Gasteiger partial charge < -0.3 is 9.31 Å². The average Bonchev–Trinajstić information content (AvgIpc) is 2.46. The molecule has 0 unspecified atom stereocenters. The Morgan fingerprint density at radius 1 is 1.10 bits per heavy atom. The molecule has 1 aliphatic rings. The standard InChI is InChI=1S/C16H26BNO2/c1-11(2)10-13-8-9-14(12(3)18-13)17-19-15(4,5)16(6,7)20-17/h8-9,11H,10H2,1-7H3. The third-order valence-electron chi connectivity index (χ3n) is 4.31. The summed E-state index contributed by atoms with van der Waals surface area (Å²) in [5, 5.41) is 0. The van der Waals surface area contributed by atoms with Gasteiger partial charge in [0, 0.05) is 16.9 Å². The summed E-state index contributed by atoms with van der Waals surface area (Å²) in [5.41, 5.74) is 2.57. The minimum absolute atomic E-state index is 0.305. The first-order valence-electron chi connectivity index (χ1n) is 7.44. The summed E-state index contributed by atoms with van der Waals surface area (Å²) in [6, 6.07) is 4.19. The van der Waals surface area contributed by atoms with Crippen LogP contribution in [-0.2, 0) is 15.7 Å². The van der Waals surface area contributed by atoms with Crippen LogP contribution in [0.1, 0.15) is 52.9 Å². The normalized spacial score (nSPS) is 20.7. The Bertz CT molecular complexity index is 481. The summed E-state index contributed by atoms with van der Waals surface area (Å²) in [6.07, 6.45) is 1.00. The molecule has 1 fully saturated rings. The third kappa shape index (κ3) is 2.91. The van der Waals surface area contributed by atoms with Gasteiger partial charge in [0.15, 0.2) is 0 Å². The maximum Gasteiger partial charge on any atom is 0.496 e. The molecule has 3 nitrogen and oxygen atoms in total.